The van der Waals surface area contributed by atoms with Gasteiger partial charge in [-0.2, -0.15) is 0 Å². The Labute approximate surface area is 129 Å². The molecule has 2 rings (SSSR count). The van der Waals surface area contributed by atoms with Gasteiger partial charge in [0.25, 0.3) is 0 Å². The summed E-state index contributed by atoms with van der Waals surface area (Å²) in [5.41, 5.74) is 0. The number of carboxylic acids is 1. The second kappa shape index (κ2) is 7.07. The number of carbonyl (C=O) groups excluding carboxylic acids is 1. The molecule has 1 aromatic rings. The van der Waals surface area contributed by atoms with Gasteiger partial charge in [-0.3, -0.25) is 9.59 Å². The molecule has 0 saturated heterocycles. The van der Waals surface area contributed by atoms with Crippen LogP contribution in [0.3, 0.4) is 0 Å². The van der Waals surface area contributed by atoms with Crippen LogP contribution < -0.4 is 5.32 Å². The van der Waals surface area contributed by atoms with Gasteiger partial charge in [-0.15, -0.1) is 11.3 Å². The first-order valence-electron chi connectivity index (χ1n) is 7.63. The molecule has 0 radical (unpaired) electrons. The maximum atomic E-state index is 12.3. The van der Waals surface area contributed by atoms with Crippen molar-refractivity contribution in [2.75, 3.05) is 0 Å². The minimum atomic E-state index is -0.838. The normalized spacial score (nSPS) is 25.0. The lowest BCUT2D eigenvalue weighted by atomic mass is 9.95. The molecule has 116 valence electrons. The first kappa shape index (κ1) is 16.0. The predicted octanol–water partition coefficient (Wildman–Crippen LogP) is 3.06. The summed E-state index contributed by atoms with van der Waals surface area (Å²) in [6, 6.07) is 4.11. The van der Waals surface area contributed by atoms with E-state index in [2.05, 4.69) is 25.2 Å². The average molecular weight is 309 g/mol. The minimum Gasteiger partial charge on any atom is -0.481 e. The van der Waals surface area contributed by atoms with Gasteiger partial charge in [0.05, 0.1) is 18.4 Å². The van der Waals surface area contributed by atoms with Crippen molar-refractivity contribution >= 4 is 23.2 Å². The Morgan fingerprint density at radius 1 is 1.24 bits per heavy atom. The van der Waals surface area contributed by atoms with E-state index in [4.69, 9.17) is 0 Å². The van der Waals surface area contributed by atoms with Crippen LogP contribution in [-0.4, -0.2) is 17.0 Å². The Morgan fingerprint density at radius 3 is 2.48 bits per heavy atom. The molecule has 1 fully saturated rings. The molecule has 1 amide bonds. The predicted molar refractivity (Wildman–Crippen MR) is 83.2 cm³/mol. The monoisotopic (exact) mass is 309 g/mol. The van der Waals surface area contributed by atoms with Crippen LogP contribution in [-0.2, 0) is 22.6 Å². The van der Waals surface area contributed by atoms with Gasteiger partial charge < -0.3 is 10.4 Å². The Morgan fingerprint density at radius 2 is 1.90 bits per heavy atom. The highest BCUT2D eigenvalue weighted by molar-refractivity contribution is 7.11. The molecule has 1 aliphatic carbocycles. The minimum absolute atomic E-state index is 0.107. The Hall–Kier alpha value is -1.36. The van der Waals surface area contributed by atoms with Crippen LogP contribution in [0.4, 0.5) is 0 Å². The van der Waals surface area contributed by atoms with E-state index in [1.807, 2.05) is 6.07 Å². The summed E-state index contributed by atoms with van der Waals surface area (Å²) in [4.78, 5) is 26.0. The van der Waals surface area contributed by atoms with Gasteiger partial charge in [0, 0.05) is 9.75 Å². The van der Waals surface area contributed by atoms with Gasteiger partial charge in [0.2, 0.25) is 5.91 Å². The van der Waals surface area contributed by atoms with Crippen LogP contribution in [0.1, 0.15) is 42.9 Å². The van der Waals surface area contributed by atoms with Gasteiger partial charge in [0.1, 0.15) is 0 Å². The van der Waals surface area contributed by atoms with Crippen molar-refractivity contribution in [2.24, 2.45) is 17.8 Å². The Kier molecular flexibility index (Phi) is 5.39. The molecule has 0 aromatic carbocycles. The lowest BCUT2D eigenvalue weighted by molar-refractivity contribution is -0.146. The fourth-order valence-corrected chi connectivity index (χ4v) is 3.95. The second-order valence-corrected chi connectivity index (χ2v) is 6.99. The standard InChI is InChI=1S/C16H23NO3S/c1-3-10-7-13(14(8-10)16(19)20)15(18)17-9-12-6-5-11(4-2)21-12/h5-6,10,13-14H,3-4,7-9H2,1-2H3,(H,17,18)(H,19,20). The lowest BCUT2D eigenvalue weighted by Gasteiger charge is -2.15. The molecule has 1 saturated carbocycles. The Bertz CT molecular complexity index is 511. The maximum Gasteiger partial charge on any atom is 0.307 e. The first-order valence-corrected chi connectivity index (χ1v) is 8.44. The van der Waals surface area contributed by atoms with E-state index in [0.29, 0.717) is 25.3 Å². The van der Waals surface area contributed by atoms with Crippen molar-refractivity contribution in [1.82, 2.24) is 5.32 Å². The van der Waals surface area contributed by atoms with Gasteiger partial charge in [-0.1, -0.05) is 20.3 Å². The number of rotatable bonds is 6. The van der Waals surface area contributed by atoms with Crippen LogP contribution in [0, 0.1) is 17.8 Å². The number of hydrogen-bond acceptors (Lipinski definition) is 3. The largest absolute Gasteiger partial charge is 0.481 e. The van der Waals surface area contributed by atoms with Crippen LogP contribution in [0.25, 0.3) is 0 Å². The first-order chi connectivity index (χ1) is 10.0. The molecule has 1 heterocycles. The molecular weight excluding hydrogens is 286 g/mol. The highest BCUT2D eigenvalue weighted by Crippen LogP contribution is 2.38. The molecule has 0 aliphatic heterocycles. The number of carbonyl (C=O) groups is 2. The van der Waals surface area contributed by atoms with E-state index in [9.17, 15) is 14.7 Å². The molecule has 2 N–H and O–H groups in total. The topological polar surface area (TPSA) is 66.4 Å². The summed E-state index contributed by atoms with van der Waals surface area (Å²) < 4.78 is 0. The van der Waals surface area contributed by atoms with E-state index in [1.165, 1.54) is 4.88 Å². The van der Waals surface area contributed by atoms with Crippen molar-refractivity contribution in [3.63, 3.8) is 0 Å². The number of thiophene rings is 1. The van der Waals surface area contributed by atoms with E-state index in [1.54, 1.807) is 11.3 Å². The summed E-state index contributed by atoms with van der Waals surface area (Å²) in [7, 11) is 0. The van der Waals surface area contributed by atoms with Crippen molar-refractivity contribution in [1.29, 1.82) is 0 Å². The maximum absolute atomic E-state index is 12.3. The third-order valence-electron chi connectivity index (χ3n) is 4.39. The number of aryl methyl sites for hydroxylation is 1. The molecule has 4 nitrogen and oxygen atoms in total. The van der Waals surface area contributed by atoms with E-state index in [0.717, 1.165) is 17.7 Å². The van der Waals surface area contributed by atoms with E-state index < -0.39 is 11.9 Å². The quantitative estimate of drug-likeness (QED) is 0.848. The molecule has 1 aliphatic rings. The second-order valence-electron chi connectivity index (χ2n) is 5.74. The van der Waals surface area contributed by atoms with Gasteiger partial charge in [-0.05, 0) is 37.3 Å². The van der Waals surface area contributed by atoms with Gasteiger partial charge in [0.15, 0.2) is 0 Å². The number of carboxylic acid groups (broad SMARTS) is 1. The third-order valence-corrected chi connectivity index (χ3v) is 5.62. The number of hydrogen-bond donors (Lipinski definition) is 2. The zero-order valence-corrected chi connectivity index (χ0v) is 13.4. The van der Waals surface area contributed by atoms with Crippen molar-refractivity contribution < 1.29 is 14.7 Å². The molecule has 1 aromatic heterocycles. The lowest BCUT2D eigenvalue weighted by Crippen LogP contribution is -2.34. The molecule has 3 unspecified atom stereocenters. The average Bonchev–Trinajstić information content (AvgIpc) is 3.11. The van der Waals surface area contributed by atoms with Crippen molar-refractivity contribution in [3.05, 3.63) is 21.9 Å². The van der Waals surface area contributed by atoms with Crippen molar-refractivity contribution in [3.8, 4) is 0 Å². The fourth-order valence-electron chi connectivity index (χ4n) is 3.05. The van der Waals surface area contributed by atoms with Crippen molar-refractivity contribution in [2.45, 2.75) is 46.1 Å². The third kappa shape index (κ3) is 3.84. The summed E-state index contributed by atoms with van der Waals surface area (Å²) in [5.74, 6) is -1.49. The molecule has 0 bridgehead atoms. The van der Waals surface area contributed by atoms with E-state index >= 15 is 0 Å². The van der Waals surface area contributed by atoms with Crippen LogP contribution in [0.5, 0.6) is 0 Å². The molecule has 5 heteroatoms. The van der Waals surface area contributed by atoms with Crippen LogP contribution >= 0.6 is 11.3 Å². The number of aliphatic carboxylic acids is 1. The Balaban J connectivity index is 1.93. The van der Waals surface area contributed by atoms with Crippen LogP contribution in [0.15, 0.2) is 12.1 Å². The number of nitrogens with one attached hydrogen (secondary N) is 1. The van der Waals surface area contributed by atoms with Crippen LogP contribution in [0.2, 0.25) is 0 Å². The zero-order chi connectivity index (χ0) is 15.4. The molecule has 0 spiro atoms. The smallest absolute Gasteiger partial charge is 0.307 e. The summed E-state index contributed by atoms with van der Waals surface area (Å²) >= 11 is 1.70. The molecule has 3 atom stereocenters. The summed E-state index contributed by atoms with van der Waals surface area (Å²) in [5, 5.41) is 12.2. The highest BCUT2D eigenvalue weighted by atomic mass is 32.1. The van der Waals surface area contributed by atoms with Gasteiger partial charge >= 0.3 is 5.97 Å². The summed E-state index contributed by atoms with van der Waals surface area (Å²) in [6.07, 6.45) is 3.27. The SMILES string of the molecule is CCc1ccc(CNC(=O)C2CC(CC)CC2C(=O)O)s1. The number of amides is 1. The molecule has 21 heavy (non-hydrogen) atoms. The van der Waals surface area contributed by atoms with E-state index in [-0.39, 0.29) is 11.8 Å². The van der Waals surface area contributed by atoms with Gasteiger partial charge in [-0.25, -0.2) is 0 Å². The zero-order valence-electron chi connectivity index (χ0n) is 12.6. The fraction of sp³-hybridized carbons (Fsp3) is 0.625. The highest BCUT2D eigenvalue weighted by Gasteiger charge is 2.41. The summed E-state index contributed by atoms with van der Waals surface area (Å²) in [6.45, 7) is 4.67. The molecular formula is C16H23NO3S.